The normalized spacial score (nSPS) is 21.3. The molecule has 2 aromatic rings. The van der Waals surface area contributed by atoms with Gasteiger partial charge in [-0.05, 0) is 18.9 Å². The van der Waals surface area contributed by atoms with Crippen LogP contribution in [0.3, 0.4) is 0 Å². The molecule has 0 N–H and O–H groups in total. The van der Waals surface area contributed by atoms with Crippen LogP contribution in [0.25, 0.3) is 10.9 Å². The van der Waals surface area contributed by atoms with Crippen molar-refractivity contribution in [2.24, 2.45) is 0 Å². The predicted octanol–water partition coefficient (Wildman–Crippen LogP) is 2.31. The van der Waals surface area contributed by atoms with Gasteiger partial charge in [0.1, 0.15) is 0 Å². The van der Waals surface area contributed by atoms with Crippen LogP contribution in [0, 0.1) is 6.92 Å². The molecule has 1 aromatic heterocycles. The Labute approximate surface area is 88.7 Å². The first-order valence-electron chi connectivity index (χ1n) is 5.37. The topological polar surface area (TPSA) is 27.1 Å². The maximum absolute atomic E-state index is 5.41. The van der Waals surface area contributed by atoms with E-state index >= 15 is 0 Å². The van der Waals surface area contributed by atoms with Gasteiger partial charge in [0.25, 0.3) is 0 Å². The summed E-state index contributed by atoms with van der Waals surface area (Å²) in [5, 5.41) is 5.70. The third-order valence-corrected chi connectivity index (χ3v) is 3.07. The van der Waals surface area contributed by atoms with E-state index in [2.05, 4.69) is 34.9 Å². The summed E-state index contributed by atoms with van der Waals surface area (Å²) in [7, 11) is 0. The monoisotopic (exact) mass is 202 g/mol. The van der Waals surface area contributed by atoms with E-state index in [1.165, 1.54) is 16.5 Å². The number of nitrogens with zero attached hydrogens (tertiary/aromatic N) is 2. The summed E-state index contributed by atoms with van der Waals surface area (Å²) in [6.45, 7) is 3.79. The van der Waals surface area contributed by atoms with Crippen LogP contribution in [-0.2, 0) is 4.74 Å². The summed E-state index contributed by atoms with van der Waals surface area (Å²) in [4.78, 5) is 0. The Balaban J connectivity index is 2.18. The van der Waals surface area contributed by atoms with Gasteiger partial charge >= 0.3 is 0 Å². The lowest BCUT2D eigenvalue weighted by molar-refractivity contribution is 0.185. The number of hydrogen-bond acceptors (Lipinski definition) is 2. The molecular weight excluding hydrogens is 188 g/mol. The van der Waals surface area contributed by atoms with Crippen molar-refractivity contribution in [3.63, 3.8) is 0 Å². The van der Waals surface area contributed by atoms with Crippen molar-refractivity contribution in [2.45, 2.75) is 19.4 Å². The van der Waals surface area contributed by atoms with Gasteiger partial charge in [0.05, 0.1) is 24.4 Å². The van der Waals surface area contributed by atoms with E-state index in [4.69, 9.17) is 4.74 Å². The number of aromatic nitrogens is 2. The van der Waals surface area contributed by atoms with Crippen LogP contribution >= 0.6 is 0 Å². The van der Waals surface area contributed by atoms with E-state index in [1.54, 1.807) is 0 Å². The fraction of sp³-hybridized carbons (Fsp3) is 0.417. The molecule has 0 bridgehead atoms. The van der Waals surface area contributed by atoms with Crippen molar-refractivity contribution in [2.75, 3.05) is 13.2 Å². The molecule has 0 aliphatic carbocycles. The van der Waals surface area contributed by atoms with Crippen LogP contribution in [0.5, 0.6) is 0 Å². The van der Waals surface area contributed by atoms with Crippen molar-refractivity contribution >= 4 is 10.9 Å². The van der Waals surface area contributed by atoms with Crippen molar-refractivity contribution < 1.29 is 4.74 Å². The zero-order valence-corrected chi connectivity index (χ0v) is 8.81. The van der Waals surface area contributed by atoms with Gasteiger partial charge in [0, 0.05) is 12.0 Å². The largest absolute Gasteiger partial charge is 0.379 e. The highest BCUT2D eigenvalue weighted by Gasteiger charge is 2.20. The van der Waals surface area contributed by atoms with E-state index < -0.39 is 0 Å². The number of para-hydroxylation sites is 1. The predicted molar refractivity (Wildman–Crippen MR) is 58.9 cm³/mol. The van der Waals surface area contributed by atoms with Gasteiger partial charge in [-0.3, -0.25) is 4.68 Å². The molecule has 15 heavy (non-hydrogen) atoms. The molecule has 1 aliphatic rings. The molecule has 1 fully saturated rings. The molecule has 1 aromatic carbocycles. The number of benzene rings is 1. The fourth-order valence-corrected chi connectivity index (χ4v) is 2.27. The highest BCUT2D eigenvalue weighted by Crippen LogP contribution is 2.25. The lowest BCUT2D eigenvalue weighted by Gasteiger charge is -2.11. The van der Waals surface area contributed by atoms with E-state index in [-0.39, 0.29) is 0 Å². The quantitative estimate of drug-likeness (QED) is 0.709. The average molecular weight is 202 g/mol. The summed E-state index contributed by atoms with van der Waals surface area (Å²) in [5.74, 6) is 0. The molecule has 0 saturated carbocycles. The lowest BCUT2D eigenvalue weighted by atomic mass is 10.1. The summed E-state index contributed by atoms with van der Waals surface area (Å²) in [6, 6.07) is 6.75. The minimum atomic E-state index is 0.420. The number of rotatable bonds is 1. The summed E-state index contributed by atoms with van der Waals surface area (Å²) in [6.07, 6.45) is 3.02. The molecular formula is C12H14N2O. The molecule has 1 aliphatic heterocycles. The molecule has 0 amide bonds. The lowest BCUT2D eigenvalue weighted by Crippen LogP contribution is -2.10. The Hall–Kier alpha value is -1.35. The van der Waals surface area contributed by atoms with Crippen molar-refractivity contribution in [3.05, 3.63) is 30.0 Å². The van der Waals surface area contributed by atoms with E-state index in [0.29, 0.717) is 6.04 Å². The van der Waals surface area contributed by atoms with Crippen molar-refractivity contribution in [1.82, 2.24) is 9.78 Å². The van der Waals surface area contributed by atoms with Gasteiger partial charge in [0.15, 0.2) is 0 Å². The van der Waals surface area contributed by atoms with E-state index in [9.17, 15) is 0 Å². The summed E-state index contributed by atoms with van der Waals surface area (Å²) >= 11 is 0. The first kappa shape index (κ1) is 8.92. The Morgan fingerprint density at radius 1 is 1.47 bits per heavy atom. The highest BCUT2D eigenvalue weighted by atomic mass is 16.5. The number of hydrogen-bond donors (Lipinski definition) is 0. The molecule has 3 rings (SSSR count). The molecule has 1 saturated heterocycles. The Morgan fingerprint density at radius 3 is 3.20 bits per heavy atom. The van der Waals surface area contributed by atoms with Crippen LogP contribution < -0.4 is 0 Å². The van der Waals surface area contributed by atoms with Gasteiger partial charge in [-0.15, -0.1) is 0 Å². The maximum Gasteiger partial charge on any atom is 0.0781 e. The summed E-state index contributed by atoms with van der Waals surface area (Å²) in [5.41, 5.74) is 2.55. The van der Waals surface area contributed by atoms with E-state index in [1.807, 2.05) is 6.20 Å². The van der Waals surface area contributed by atoms with Gasteiger partial charge in [-0.25, -0.2) is 0 Å². The molecule has 1 atom stereocenters. The molecule has 0 radical (unpaired) electrons. The number of ether oxygens (including phenoxy) is 1. The first-order chi connectivity index (χ1) is 7.36. The Kier molecular flexibility index (Phi) is 1.99. The highest BCUT2D eigenvalue weighted by molar-refractivity contribution is 5.81. The molecule has 0 spiro atoms. The molecule has 0 unspecified atom stereocenters. The van der Waals surface area contributed by atoms with Crippen LogP contribution in [-0.4, -0.2) is 23.0 Å². The zero-order valence-electron chi connectivity index (χ0n) is 8.81. The zero-order chi connectivity index (χ0) is 10.3. The van der Waals surface area contributed by atoms with Crippen LogP contribution in [0.2, 0.25) is 0 Å². The van der Waals surface area contributed by atoms with Gasteiger partial charge in [0.2, 0.25) is 0 Å². The van der Waals surface area contributed by atoms with Crippen molar-refractivity contribution in [3.8, 4) is 0 Å². The Morgan fingerprint density at radius 2 is 2.40 bits per heavy atom. The van der Waals surface area contributed by atoms with Gasteiger partial charge < -0.3 is 4.74 Å². The second kappa shape index (κ2) is 3.35. The first-order valence-corrected chi connectivity index (χ1v) is 5.37. The molecule has 3 heteroatoms. The second-order valence-electron chi connectivity index (χ2n) is 4.12. The van der Waals surface area contributed by atoms with Crippen LogP contribution in [0.15, 0.2) is 24.4 Å². The third-order valence-electron chi connectivity index (χ3n) is 3.07. The van der Waals surface area contributed by atoms with Crippen LogP contribution in [0.1, 0.15) is 18.0 Å². The minimum absolute atomic E-state index is 0.420. The van der Waals surface area contributed by atoms with Crippen LogP contribution in [0.4, 0.5) is 0 Å². The third kappa shape index (κ3) is 1.35. The van der Waals surface area contributed by atoms with Gasteiger partial charge in [-0.2, -0.15) is 5.10 Å². The smallest absolute Gasteiger partial charge is 0.0781 e. The van der Waals surface area contributed by atoms with Crippen molar-refractivity contribution in [1.29, 1.82) is 0 Å². The van der Waals surface area contributed by atoms with E-state index in [0.717, 1.165) is 19.6 Å². The summed E-state index contributed by atoms with van der Waals surface area (Å²) < 4.78 is 7.53. The number of fused-ring (bicyclic) bond motifs is 1. The second-order valence-corrected chi connectivity index (χ2v) is 4.12. The maximum atomic E-state index is 5.41. The minimum Gasteiger partial charge on any atom is -0.379 e. The molecule has 78 valence electrons. The SMILES string of the molecule is Cc1cccc2cnn([C@H]3CCOC3)c12. The standard InChI is InChI=1S/C12H14N2O/c1-9-3-2-4-10-7-13-14(12(9)10)11-5-6-15-8-11/h2-4,7,11H,5-6,8H2,1H3/t11-/m0/s1. The van der Waals surface area contributed by atoms with Gasteiger partial charge in [-0.1, -0.05) is 18.2 Å². The Bertz CT molecular complexity index is 483. The number of aryl methyl sites for hydroxylation is 1. The average Bonchev–Trinajstić information content (AvgIpc) is 2.85. The fourth-order valence-electron chi connectivity index (χ4n) is 2.27. The molecule has 2 heterocycles. The molecule has 3 nitrogen and oxygen atoms in total.